The van der Waals surface area contributed by atoms with E-state index >= 15 is 0 Å². The molecule has 2 heterocycles. The van der Waals surface area contributed by atoms with Gasteiger partial charge in [-0.1, -0.05) is 12.1 Å². The lowest BCUT2D eigenvalue weighted by molar-refractivity contribution is 0.500. The molecule has 3 rings (SSSR count). The Bertz CT molecular complexity index is 584. The normalized spacial score (nSPS) is 18.4. The number of rotatable bonds is 1. The molecule has 1 aromatic carbocycles. The fourth-order valence-electron chi connectivity index (χ4n) is 2.36. The molecule has 0 spiro atoms. The van der Waals surface area contributed by atoms with Crippen LogP contribution in [0.25, 0.3) is 0 Å². The summed E-state index contributed by atoms with van der Waals surface area (Å²) < 4.78 is 26.2. The Labute approximate surface area is 104 Å². The van der Waals surface area contributed by atoms with Crippen molar-refractivity contribution >= 4 is 0 Å². The third-order valence-corrected chi connectivity index (χ3v) is 3.22. The van der Waals surface area contributed by atoms with Gasteiger partial charge in [-0.2, -0.15) is 0 Å². The van der Waals surface area contributed by atoms with Gasteiger partial charge in [0.1, 0.15) is 0 Å². The highest BCUT2D eigenvalue weighted by Gasteiger charge is 2.22. The Morgan fingerprint density at radius 1 is 1.17 bits per heavy atom. The smallest absolute Gasteiger partial charge is 0.159 e. The van der Waals surface area contributed by atoms with E-state index in [0.29, 0.717) is 0 Å². The second kappa shape index (κ2) is 4.46. The Balaban J connectivity index is 2.05. The van der Waals surface area contributed by atoms with Gasteiger partial charge in [0.15, 0.2) is 11.6 Å². The first kappa shape index (κ1) is 11.3. The summed E-state index contributed by atoms with van der Waals surface area (Å²) in [7, 11) is 0. The number of aromatic nitrogens is 1. The van der Waals surface area contributed by atoms with Crippen molar-refractivity contribution in [3.63, 3.8) is 0 Å². The maximum Gasteiger partial charge on any atom is 0.159 e. The van der Waals surface area contributed by atoms with E-state index in [1.807, 2.05) is 12.1 Å². The molecule has 0 radical (unpaired) electrons. The highest BCUT2D eigenvalue weighted by atomic mass is 19.2. The van der Waals surface area contributed by atoms with Crippen LogP contribution in [-0.4, -0.2) is 11.5 Å². The average molecular weight is 246 g/mol. The molecule has 0 saturated heterocycles. The van der Waals surface area contributed by atoms with Crippen LogP contribution in [0, 0.1) is 11.6 Å². The number of nitrogens with zero attached hydrogens (tertiary/aromatic N) is 1. The number of benzene rings is 1. The largest absolute Gasteiger partial charge is 0.306 e. The number of nitrogens with one attached hydrogen (secondary N) is 1. The van der Waals surface area contributed by atoms with E-state index in [9.17, 15) is 8.78 Å². The lowest BCUT2D eigenvalue weighted by atomic mass is 9.93. The Morgan fingerprint density at radius 3 is 2.89 bits per heavy atom. The van der Waals surface area contributed by atoms with Gasteiger partial charge in [-0.3, -0.25) is 4.98 Å². The van der Waals surface area contributed by atoms with Gasteiger partial charge in [-0.15, -0.1) is 0 Å². The van der Waals surface area contributed by atoms with E-state index in [0.717, 1.165) is 35.9 Å². The van der Waals surface area contributed by atoms with Gasteiger partial charge in [0.25, 0.3) is 0 Å². The van der Waals surface area contributed by atoms with E-state index in [1.54, 1.807) is 12.3 Å². The van der Waals surface area contributed by atoms with Gasteiger partial charge in [-0.05, 0) is 29.3 Å². The predicted octanol–water partition coefficient (Wildman–Crippen LogP) is 2.59. The second-order valence-corrected chi connectivity index (χ2v) is 4.35. The maximum atomic E-state index is 13.3. The molecule has 18 heavy (non-hydrogen) atoms. The van der Waals surface area contributed by atoms with Crippen molar-refractivity contribution in [3.8, 4) is 0 Å². The lowest BCUT2D eigenvalue weighted by Crippen LogP contribution is -2.31. The summed E-state index contributed by atoms with van der Waals surface area (Å²) in [5.41, 5.74) is 2.78. The van der Waals surface area contributed by atoms with Crippen LogP contribution in [0.3, 0.4) is 0 Å². The van der Waals surface area contributed by atoms with E-state index in [1.165, 1.54) is 6.07 Å². The first-order chi connectivity index (χ1) is 8.75. The molecule has 1 aliphatic heterocycles. The van der Waals surface area contributed by atoms with Crippen molar-refractivity contribution in [3.05, 3.63) is 65.0 Å². The Morgan fingerprint density at radius 2 is 2.06 bits per heavy atom. The molecule has 0 bridgehead atoms. The third kappa shape index (κ3) is 1.88. The summed E-state index contributed by atoms with van der Waals surface area (Å²) in [5.74, 6) is -1.63. The summed E-state index contributed by atoms with van der Waals surface area (Å²) in [6.45, 7) is 0.785. The minimum Gasteiger partial charge on any atom is -0.306 e. The van der Waals surface area contributed by atoms with E-state index in [2.05, 4.69) is 10.3 Å². The van der Waals surface area contributed by atoms with E-state index < -0.39 is 11.6 Å². The minimum absolute atomic E-state index is 0.113. The molecular formula is C14H12F2N2. The van der Waals surface area contributed by atoms with Crippen LogP contribution in [-0.2, 0) is 6.42 Å². The summed E-state index contributed by atoms with van der Waals surface area (Å²) in [6.07, 6.45) is 2.61. The van der Waals surface area contributed by atoms with Crippen LogP contribution in [0.2, 0.25) is 0 Å². The molecule has 0 fully saturated rings. The monoisotopic (exact) mass is 246 g/mol. The van der Waals surface area contributed by atoms with Gasteiger partial charge in [0, 0.05) is 24.9 Å². The van der Waals surface area contributed by atoms with Crippen LogP contribution in [0.4, 0.5) is 8.78 Å². The van der Waals surface area contributed by atoms with Gasteiger partial charge in [0.2, 0.25) is 0 Å². The van der Waals surface area contributed by atoms with Crippen LogP contribution in [0.15, 0.2) is 36.5 Å². The van der Waals surface area contributed by atoms with Gasteiger partial charge < -0.3 is 5.32 Å². The van der Waals surface area contributed by atoms with Crippen molar-refractivity contribution < 1.29 is 8.78 Å². The molecule has 2 nitrogen and oxygen atoms in total. The van der Waals surface area contributed by atoms with Crippen molar-refractivity contribution in [2.45, 2.75) is 12.5 Å². The molecule has 1 aliphatic rings. The van der Waals surface area contributed by atoms with Crippen LogP contribution >= 0.6 is 0 Å². The topological polar surface area (TPSA) is 24.9 Å². The zero-order valence-corrected chi connectivity index (χ0v) is 9.66. The number of fused-ring (bicyclic) bond motifs is 1. The Hall–Kier alpha value is -1.81. The number of hydrogen-bond acceptors (Lipinski definition) is 2. The molecule has 1 N–H and O–H groups in total. The average Bonchev–Trinajstić information content (AvgIpc) is 2.41. The fraction of sp³-hybridized carbons (Fsp3) is 0.214. The highest BCUT2D eigenvalue weighted by Crippen LogP contribution is 2.28. The molecule has 92 valence electrons. The minimum atomic E-state index is -0.819. The van der Waals surface area contributed by atoms with Crippen LogP contribution < -0.4 is 5.32 Å². The molecule has 1 atom stereocenters. The van der Waals surface area contributed by atoms with Crippen LogP contribution in [0.5, 0.6) is 0 Å². The molecule has 1 aromatic heterocycles. The van der Waals surface area contributed by atoms with Crippen molar-refractivity contribution in [1.82, 2.24) is 10.3 Å². The molecule has 0 aliphatic carbocycles. The summed E-state index contributed by atoms with van der Waals surface area (Å²) in [5, 5.41) is 3.31. The number of halogens is 2. The summed E-state index contributed by atoms with van der Waals surface area (Å²) in [6, 6.07) is 7.74. The molecular weight excluding hydrogens is 234 g/mol. The van der Waals surface area contributed by atoms with Crippen molar-refractivity contribution in [2.75, 3.05) is 6.54 Å². The second-order valence-electron chi connectivity index (χ2n) is 4.35. The molecule has 0 amide bonds. The fourth-order valence-corrected chi connectivity index (χ4v) is 2.36. The highest BCUT2D eigenvalue weighted by molar-refractivity contribution is 5.36. The molecule has 2 aromatic rings. The standard InChI is InChI=1S/C14H12F2N2/c15-11-4-3-9(8-12(11)16)14-10-2-1-6-17-13(10)5-7-18-14/h1-4,6,8,14,18H,5,7H2. The SMILES string of the molecule is Fc1ccc(C2NCCc3ncccc32)cc1F. The first-order valence-electron chi connectivity index (χ1n) is 5.88. The third-order valence-electron chi connectivity index (χ3n) is 3.22. The van der Waals surface area contributed by atoms with Crippen molar-refractivity contribution in [1.29, 1.82) is 0 Å². The van der Waals surface area contributed by atoms with Crippen molar-refractivity contribution in [2.24, 2.45) is 0 Å². The van der Waals surface area contributed by atoms with E-state index in [4.69, 9.17) is 0 Å². The quantitative estimate of drug-likeness (QED) is 0.836. The molecule has 4 heteroatoms. The first-order valence-corrected chi connectivity index (χ1v) is 5.88. The van der Waals surface area contributed by atoms with Gasteiger partial charge in [0.05, 0.1) is 6.04 Å². The number of pyridine rings is 1. The molecule has 1 unspecified atom stereocenters. The van der Waals surface area contributed by atoms with Gasteiger partial charge in [-0.25, -0.2) is 8.78 Å². The van der Waals surface area contributed by atoms with Crippen LogP contribution in [0.1, 0.15) is 22.9 Å². The molecule has 0 saturated carbocycles. The predicted molar refractivity (Wildman–Crippen MR) is 64.1 cm³/mol. The van der Waals surface area contributed by atoms with E-state index in [-0.39, 0.29) is 6.04 Å². The zero-order valence-electron chi connectivity index (χ0n) is 9.66. The van der Waals surface area contributed by atoms with Gasteiger partial charge >= 0.3 is 0 Å². The summed E-state index contributed by atoms with van der Waals surface area (Å²) in [4.78, 5) is 4.33. The maximum absolute atomic E-state index is 13.3. The Kier molecular flexibility index (Phi) is 2.80. The lowest BCUT2D eigenvalue weighted by Gasteiger charge is -2.26. The number of hydrogen-bond donors (Lipinski definition) is 1. The zero-order chi connectivity index (χ0) is 12.5. The summed E-state index contributed by atoms with van der Waals surface area (Å²) >= 11 is 0.